The Balaban J connectivity index is 0.976. The number of fused-ring (bicyclic) bond motifs is 10. The monoisotopic (exact) mass is 984 g/mol. The van der Waals surface area contributed by atoms with Gasteiger partial charge in [0, 0.05) is 54.8 Å². The Bertz CT molecular complexity index is 4890. The van der Waals surface area contributed by atoms with E-state index in [9.17, 15) is 0 Å². The molecular weight excluding hydrogens is 937 g/mol. The summed E-state index contributed by atoms with van der Waals surface area (Å²) in [5.74, 6) is 0. The molecule has 4 heteroatoms. The fraction of sp³-hybridized carbons (Fsp3) is 0.0137. The Morgan fingerprint density at radius 2 is 0.844 bits per heavy atom. The number of para-hydroxylation sites is 4. The maximum Gasteiger partial charge on any atom is 0.159 e. The van der Waals surface area contributed by atoms with Gasteiger partial charge in [-0.15, -0.1) is 0 Å². The van der Waals surface area contributed by atoms with Crippen molar-refractivity contribution in [3.05, 3.63) is 273 Å². The number of hydrogen-bond acceptors (Lipinski definition) is 4. The van der Waals surface area contributed by atoms with E-state index in [-0.39, 0.29) is 0 Å². The van der Waals surface area contributed by atoms with E-state index in [1.165, 1.54) is 32.3 Å². The van der Waals surface area contributed by atoms with Crippen molar-refractivity contribution in [3.8, 4) is 11.1 Å². The van der Waals surface area contributed by atoms with Crippen LogP contribution in [0.25, 0.3) is 114 Å². The van der Waals surface area contributed by atoms with E-state index in [1.54, 1.807) is 0 Å². The van der Waals surface area contributed by atoms with Crippen LogP contribution < -0.4 is 9.80 Å². The summed E-state index contributed by atoms with van der Waals surface area (Å²) in [7, 11) is 0. The molecule has 0 saturated heterocycles. The lowest BCUT2D eigenvalue weighted by atomic mass is 9.91. The Morgan fingerprint density at radius 3 is 1.39 bits per heavy atom. The highest BCUT2D eigenvalue weighted by Crippen LogP contribution is 2.52. The highest BCUT2D eigenvalue weighted by atomic mass is 16.3. The van der Waals surface area contributed by atoms with E-state index in [0.717, 1.165) is 122 Å². The molecule has 0 fully saturated rings. The summed E-state index contributed by atoms with van der Waals surface area (Å²) in [6.07, 6.45) is 8.11. The fourth-order valence-electron chi connectivity index (χ4n) is 12.3. The Hall–Kier alpha value is -10.2. The molecule has 0 radical (unpaired) electrons. The molecule has 15 rings (SSSR count). The normalized spacial score (nSPS) is 12.3. The van der Waals surface area contributed by atoms with E-state index in [4.69, 9.17) is 8.83 Å². The van der Waals surface area contributed by atoms with Crippen molar-refractivity contribution in [3.63, 3.8) is 0 Å². The molecule has 0 saturated carbocycles. The summed E-state index contributed by atoms with van der Waals surface area (Å²) < 4.78 is 14.6. The zero-order valence-corrected chi connectivity index (χ0v) is 42.2. The summed E-state index contributed by atoms with van der Waals surface area (Å²) in [5.41, 5.74) is 13.7. The van der Waals surface area contributed by atoms with Crippen LogP contribution in [0.4, 0.5) is 34.1 Å². The summed E-state index contributed by atoms with van der Waals surface area (Å²) in [4.78, 5) is 4.78. The molecule has 2 aromatic heterocycles. The van der Waals surface area contributed by atoms with Gasteiger partial charge in [0.05, 0.1) is 22.7 Å². The smallest absolute Gasteiger partial charge is 0.159 e. The van der Waals surface area contributed by atoms with Gasteiger partial charge in [0.25, 0.3) is 0 Å². The van der Waals surface area contributed by atoms with Crippen LogP contribution in [0.2, 0.25) is 0 Å². The van der Waals surface area contributed by atoms with Crippen LogP contribution in [0.1, 0.15) is 12.5 Å². The van der Waals surface area contributed by atoms with Gasteiger partial charge in [-0.25, -0.2) is 0 Å². The van der Waals surface area contributed by atoms with Crippen LogP contribution in [-0.2, 0) is 0 Å². The van der Waals surface area contributed by atoms with E-state index in [0.29, 0.717) is 0 Å². The highest BCUT2D eigenvalue weighted by molar-refractivity contribution is 6.30. The van der Waals surface area contributed by atoms with Gasteiger partial charge >= 0.3 is 0 Å². The molecule has 0 N–H and O–H groups in total. The molecule has 15 aromatic rings. The van der Waals surface area contributed by atoms with Crippen LogP contribution in [0.15, 0.2) is 276 Å². The van der Waals surface area contributed by atoms with Crippen molar-refractivity contribution < 1.29 is 8.83 Å². The molecule has 362 valence electrons. The van der Waals surface area contributed by atoms with E-state index in [2.05, 4.69) is 271 Å². The summed E-state index contributed by atoms with van der Waals surface area (Å²) in [6, 6.07) is 85.3. The largest absolute Gasteiger partial charge is 0.453 e. The summed E-state index contributed by atoms with van der Waals surface area (Å²) in [5, 5.41) is 16.0. The average Bonchev–Trinajstić information content (AvgIpc) is 4.34. The van der Waals surface area contributed by atoms with E-state index in [1.807, 2.05) is 13.0 Å². The highest BCUT2D eigenvalue weighted by Gasteiger charge is 2.27. The maximum atomic E-state index is 7.31. The van der Waals surface area contributed by atoms with Crippen LogP contribution in [0.3, 0.4) is 0 Å². The van der Waals surface area contributed by atoms with Gasteiger partial charge in [0.2, 0.25) is 0 Å². The van der Waals surface area contributed by atoms with Crippen molar-refractivity contribution in [2.24, 2.45) is 0 Å². The predicted molar refractivity (Wildman–Crippen MR) is 328 cm³/mol. The second-order valence-electron chi connectivity index (χ2n) is 19.9. The molecule has 0 unspecified atom stereocenters. The first-order chi connectivity index (χ1) is 38.1. The maximum absolute atomic E-state index is 7.31. The summed E-state index contributed by atoms with van der Waals surface area (Å²) >= 11 is 0. The van der Waals surface area contributed by atoms with Crippen LogP contribution in [-0.4, -0.2) is 0 Å². The minimum Gasteiger partial charge on any atom is -0.453 e. The van der Waals surface area contributed by atoms with Gasteiger partial charge in [-0.05, 0) is 122 Å². The zero-order valence-electron chi connectivity index (χ0n) is 42.2. The molecule has 4 nitrogen and oxygen atoms in total. The lowest BCUT2D eigenvalue weighted by Crippen LogP contribution is -2.11. The lowest BCUT2D eigenvalue weighted by molar-refractivity contribution is 0.668. The average molecular weight is 985 g/mol. The Kier molecular flexibility index (Phi) is 10.2. The molecule has 0 bridgehead atoms. The molecule has 2 heterocycles. The zero-order chi connectivity index (χ0) is 51.1. The topological polar surface area (TPSA) is 32.8 Å². The minimum absolute atomic E-state index is 0.817. The van der Waals surface area contributed by atoms with Gasteiger partial charge in [-0.3, -0.25) is 0 Å². The van der Waals surface area contributed by atoms with Gasteiger partial charge in [-0.2, -0.15) is 0 Å². The first-order valence-electron chi connectivity index (χ1n) is 26.3. The van der Waals surface area contributed by atoms with Crippen LogP contribution in [0, 0.1) is 0 Å². The predicted octanol–water partition coefficient (Wildman–Crippen LogP) is 21.4. The molecule has 0 spiro atoms. The SMILES string of the molecule is C=C/C=C(\C=C/C)c1cc2ccccc2c2c1oc1c(N(c3ccccc3)c3ccc4ccc5c(N(c6ccccc6)c6cccc7c6oc6c(-c8ccccc8)cc8ccccc8c67)ccc6ccc3c4c65)cccc12. The number of anilines is 6. The molecule has 0 aliphatic carbocycles. The molecule has 0 atom stereocenters. The second-order valence-corrected chi connectivity index (χ2v) is 19.9. The molecule has 77 heavy (non-hydrogen) atoms. The number of benzene rings is 13. The number of hydrogen-bond donors (Lipinski definition) is 0. The third kappa shape index (κ3) is 6.86. The quantitative estimate of drug-likeness (QED) is 0.101. The van der Waals surface area contributed by atoms with Gasteiger partial charge in [0.1, 0.15) is 11.2 Å². The third-order valence-corrected chi connectivity index (χ3v) is 15.6. The molecule has 0 aliphatic heterocycles. The van der Waals surface area contributed by atoms with Crippen molar-refractivity contribution in [1.82, 2.24) is 0 Å². The molecule has 0 aliphatic rings. The molecular formula is C73H48N2O2. The van der Waals surface area contributed by atoms with Gasteiger partial charge < -0.3 is 18.6 Å². The fourth-order valence-corrected chi connectivity index (χ4v) is 12.3. The lowest BCUT2D eigenvalue weighted by Gasteiger charge is -2.29. The third-order valence-electron chi connectivity index (χ3n) is 15.6. The Morgan fingerprint density at radius 1 is 0.377 bits per heavy atom. The van der Waals surface area contributed by atoms with Crippen molar-refractivity contribution in [2.45, 2.75) is 6.92 Å². The number of rotatable bonds is 10. The van der Waals surface area contributed by atoms with Crippen molar-refractivity contribution in [1.29, 1.82) is 0 Å². The van der Waals surface area contributed by atoms with E-state index >= 15 is 0 Å². The van der Waals surface area contributed by atoms with Gasteiger partial charge in [-0.1, -0.05) is 207 Å². The molecule has 0 amide bonds. The minimum atomic E-state index is 0.817. The number of furan rings is 2. The number of nitrogens with zero attached hydrogens (tertiary/aromatic N) is 2. The van der Waals surface area contributed by atoms with Crippen LogP contribution in [0.5, 0.6) is 0 Å². The van der Waals surface area contributed by atoms with Gasteiger partial charge in [0.15, 0.2) is 11.2 Å². The van der Waals surface area contributed by atoms with Crippen molar-refractivity contribution >= 4 is 137 Å². The van der Waals surface area contributed by atoms with E-state index < -0.39 is 0 Å². The Labute approximate surface area is 444 Å². The standard InChI is InChI=1S/C73H48N2O2/c1-3-20-46(21-4-2)60-44-50-24-14-16-30-54(50)68-58-32-18-34-64(70(58)76-72(60)68)74(52-26-10-6-11-27-52)62-42-38-48-37-41-57-63(43-39-49-36-40-56(62)66(48)67(49)57)75(53-28-12-7-13-29-53)65-35-19-33-59-69-55-31-17-15-25-51(55)45-61(73(69)77-71(59)65)47-22-8-5-9-23-47/h3-45H,1H2,2H3/b21-4-,46-20+. The number of allylic oxidation sites excluding steroid dienone is 5. The summed E-state index contributed by atoms with van der Waals surface area (Å²) in [6.45, 7) is 6.13. The first kappa shape index (κ1) is 44.3. The van der Waals surface area contributed by atoms with Crippen molar-refractivity contribution in [2.75, 3.05) is 9.80 Å². The van der Waals surface area contributed by atoms with Crippen LogP contribution >= 0.6 is 0 Å². The molecule has 13 aromatic carbocycles. The first-order valence-corrected chi connectivity index (χ1v) is 26.3. The second kappa shape index (κ2) is 17.8.